The van der Waals surface area contributed by atoms with E-state index in [1.54, 1.807) is 48.5 Å². The van der Waals surface area contributed by atoms with Crippen molar-refractivity contribution in [2.45, 2.75) is 6.92 Å². The van der Waals surface area contributed by atoms with E-state index in [-0.39, 0.29) is 11.5 Å². The number of rotatable bonds is 9. The lowest BCUT2D eigenvalue weighted by molar-refractivity contribution is -0.119. The van der Waals surface area contributed by atoms with Crippen LogP contribution in [0.3, 0.4) is 0 Å². The molecular formula is C21H22N2O6. The first-order chi connectivity index (χ1) is 13.9. The summed E-state index contributed by atoms with van der Waals surface area (Å²) in [5.74, 6) is -0.460. The molecule has 29 heavy (non-hydrogen) atoms. The lowest BCUT2D eigenvalue weighted by Gasteiger charge is -2.12. The van der Waals surface area contributed by atoms with E-state index in [0.717, 1.165) is 0 Å². The van der Waals surface area contributed by atoms with E-state index in [4.69, 9.17) is 14.2 Å². The third-order valence-corrected chi connectivity index (χ3v) is 3.59. The summed E-state index contributed by atoms with van der Waals surface area (Å²) in [6.45, 7) is 4.80. The molecule has 2 rings (SSSR count). The zero-order valence-electron chi connectivity index (χ0n) is 16.2. The Morgan fingerprint density at radius 3 is 2.41 bits per heavy atom. The summed E-state index contributed by atoms with van der Waals surface area (Å²) < 4.78 is 15.6. The maximum absolute atomic E-state index is 12.2. The van der Waals surface area contributed by atoms with Crippen LogP contribution in [0.1, 0.15) is 17.3 Å². The lowest BCUT2D eigenvalue weighted by atomic mass is 10.2. The Balaban J connectivity index is 1.94. The van der Waals surface area contributed by atoms with Crippen molar-refractivity contribution in [2.24, 2.45) is 0 Å². The minimum atomic E-state index is -0.644. The molecule has 0 saturated carbocycles. The molecule has 0 saturated heterocycles. The smallest absolute Gasteiger partial charge is 0.338 e. The number of nitrogens with one attached hydrogen (secondary N) is 2. The fraction of sp³-hybridized carbons (Fsp3) is 0.190. The number of carbonyl (C=O) groups excluding carboxylic acids is 3. The van der Waals surface area contributed by atoms with Crippen molar-refractivity contribution in [2.75, 3.05) is 31.0 Å². The van der Waals surface area contributed by atoms with Crippen molar-refractivity contribution in [1.82, 2.24) is 0 Å². The molecule has 0 spiro atoms. The number of carbonyl (C=O) groups is 3. The first kappa shape index (κ1) is 21.5. The van der Waals surface area contributed by atoms with E-state index in [2.05, 4.69) is 17.2 Å². The van der Waals surface area contributed by atoms with Crippen molar-refractivity contribution in [1.29, 1.82) is 0 Å². The topological polar surface area (TPSA) is 103 Å². The molecule has 0 aliphatic carbocycles. The first-order valence-electron chi connectivity index (χ1n) is 8.69. The molecule has 0 atom stereocenters. The number of methoxy groups -OCH3 is 1. The van der Waals surface area contributed by atoms with Gasteiger partial charge in [-0.1, -0.05) is 12.7 Å². The quantitative estimate of drug-likeness (QED) is 0.497. The van der Waals surface area contributed by atoms with Crippen molar-refractivity contribution in [3.8, 4) is 11.5 Å². The highest BCUT2D eigenvalue weighted by Crippen LogP contribution is 2.27. The molecule has 8 nitrogen and oxygen atoms in total. The molecule has 2 aromatic carbocycles. The van der Waals surface area contributed by atoms with Crippen molar-refractivity contribution in [3.63, 3.8) is 0 Å². The summed E-state index contributed by atoms with van der Waals surface area (Å²) in [6.07, 6.45) is 1.61. The minimum Gasteiger partial charge on any atom is -0.495 e. The summed E-state index contributed by atoms with van der Waals surface area (Å²) in [5.41, 5.74) is 1.11. The van der Waals surface area contributed by atoms with Crippen LogP contribution < -0.4 is 20.1 Å². The number of amides is 2. The molecule has 0 heterocycles. The second kappa shape index (κ2) is 10.5. The fourth-order valence-corrected chi connectivity index (χ4v) is 2.33. The monoisotopic (exact) mass is 398 g/mol. The Bertz CT molecular complexity index is 893. The maximum Gasteiger partial charge on any atom is 0.338 e. The van der Waals surface area contributed by atoms with Gasteiger partial charge in [0.1, 0.15) is 18.1 Å². The van der Waals surface area contributed by atoms with Gasteiger partial charge in [0.25, 0.3) is 5.91 Å². The third-order valence-electron chi connectivity index (χ3n) is 3.59. The highest BCUT2D eigenvalue weighted by molar-refractivity contribution is 5.97. The van der Waals surface area contributed by atoms with Gasteiger partial charge in [0, 0.05) is 12.6 Å². The maximum atomic E-state index is 12.2. The predicted octanol–water partition coefficient (Wildman–Crippen LogP) is 3.01. The molecule has 0 bridgehead atoms. The van der Waals surface area contributed by atoms with Crippen LogP contribution in [0.2, 0.25) is 0 Å². The van der Waals surface area contributed by atoms with Crippen LogP contribution in [0.5, 0.6) is 11.5 Å². The van der Waals surface area contributed by atoms with Crippen LogP contribution in [0.4, 0.5) is 11.4 Å². The lowest BCUT2D eigenvalue weighted by Crippen LogP contribution is -2.21. The Morgan fingerprint density at radius 1 is 1.07 bits per heavy atom. The van der Waals surface area contributed by atoms with Gasteiger partial charge in [-0.05, 0) is 42.5 Å². The predicted molar refractivity (Wildman–Crippen MR) is 108 cm³/mol. The Morgan fingerprint density at radius 2 is 1.79 bits per heavy atom. The summed E-state index contributed by atoms with van der Waals surface area (Å²) in [7, 11) is 1.45. The van der Waals surface area contributed by atoms with Crippen molar-refractivity contribution >= 4 is 29.2 Å². The summed E-state index contributed by atoms with van der Waals surface area (Å²) in [4.78, 5) is 35.4. The average molecular weight is 398 g/mol. The van der Waals surface area contributed by atoms with Crippen LogP contribution in [0.15, 0.2) is 55.1 Å². The number of benzene rings is 2. The molecule has 2 N–H and O–H groups in total. The van der Waals surface area contributed by atoms with E-state index in [9.17, 15) is 14.4 Å². The second-order valence-corrected chi connectivity index (χ2v) is 5.84. The average Bonchev–Trinajstić information content (AvgIpc) is 2.70. The molecule has 8 heteroatoms. The van der Waals surface area contributed by atoms with Crippen LogP contribution in [0, 0.1) is 0 Å². The van der Waals surface area contributed by atoms with Gasteiger partial charge in [-0.2, -0.15) is 0 Å². The van der Waals surface area contributed by atoms with Gasteiger partial charge >= 0.3 is 5.97 Å². The van der Waals surface area contributed by atoms with Crippen LogP contribution in [-0.2, 0) is 14.3 Å². The molecule has 2 aromatic rings. The van der Waals surface area contributed by atoms with Gasteiger partial charge in [0.15, 0.2) is 6.61 Å². The second-order valence-electron chi connectivity index (χ2n) is 5.84. The van der Waals surface area contributed by atoms with Gasteiger partial charge in [0.2, 0.25) is 5.91 Å². The van der Waals surface area contributed by atoms with Gasteiger partial charge in [0.05, 0.1) is 18.4 Å². The van der Waals surface area contributed by atoms with Crippen molar-refractivity contribution < 1.29 is 28.6 Å². The molecular weight excluding hydrogens is 376 g/mol. The van der Waals surface area contributed by atoms with E-state index in [1.807, 2.05) is 0 Å². The number of hydrogen-bond donors (Lipinski definition) is 2. The minimum absolute atomic E-state index is 0.248. The normalized spacial score (nSPS) is 9.86. The molecule has 0 aliphatic rings. The first-order valence-corrected chi connectivity index (χ1v) is 8.69. The molecule has 0 unspecified atom stereocenters. The molecule has 0 aromatic heterocycles. The van der Waals surface area contributed by atoms with E-state index in [1.165, 1.54) is 14.0 Å². The van der Waals surface area contributed by atoms with E-state index in [0.29, 0.717) is 29.5 Å². The fourth-order valence-electron chi connectivity index (χ4n) is 2.33. The Hall–Kier alpha value is -3.81. The molecule has 152 valence electrons. The van der Waals surface area contributed by atoms with Crippen LogP contribution >= 0.6 is 0 Å². The number of ether oxygens (including phenoxy) is 3. The molecule has 2 amide bonds. The van der Waals surface area contributed by atoms with Crippen molar-refractivity contribution in [3.05, 3.63) is 60.7 Å². The zero-order valence-corrected chi connectivity index (χ0v) is 16.2. The van der Waals surface area contributed by atoms with E-state index >= 15 is 0 Å². The highest BCUT2D eigenvalue weighted by atomic mass is 16.5. The number of esters is 1. The molecule has 0 aliphatic heterocycles. The standard InChI is InChI=1S/C21H22N2O6/c1-4-11-28-17-8-5-15(6-9-17)21(26)29-13-20(25)23-18-12-16(22-14(2)24)7-10-19(18)27-3/h4-10,12H,1,11,13H2,2-3H3,(H,22,24)(H,23,25). The Kier molecular flexibility index (Phi) is 7.78. The summed E-state index contributed by atoms with van der Waals surface area (Å²) in [5, 5.41) is 5.20. The summed E-state index contributed by atoms with van der Waals surface area (Å²) >= 11 is 0. The molecule has 0 fully saturated rings. The highest BCUT2D eigenvalue weighted by Gasteiger charge is 2.13. The number of anilines is 2. The third kappa shape index (κ3) is 6.69. The zero-order chi connectivity index (χ0) is 21.2. The van der Waals surface area contributed by atoms with Gasteiger partial charge in [-0.3, -0.25) is 9.59 Å². The van der Waals surface area contributed by atoms with Gasteiger partial charge < -0.3 is 24.8 Å². The van der Waals surface area contributed by atoms with Crippen LogP contribution in [-0.4, -0.2) is 38.1 Å². The van der Waals surface area contributed by atoms with Gasteiger partial charge in [-0.25, -0.2) is 4.79 Å². The van der Waals surface area contributed by atoms with Gasteiger partial charge in [-0.15, -0.1) is 0 Å². The molecule has 0 radical (unpaired) electrons. The van der Waals surface area contributed by atoms with Crippen LogP contribution in [0.25, 0.3) is 0 Å². The Labute approximate surface area is 168 Å². The largest absolute Gasteiger partial charge is 0.495 e. The SMILES string of the molecule is C=CCOc1ccc(C(=O)OCC(=O)Nc2cc(NC(C)=O)ccc2OC)cc1. The summed E-state index contributed by atoms with van der Waals surface area (Å²) in [6, 6.07) is 11.1. The van der Waals surface area contributed by atoms with E-state index < -0.39 is 18.5 Å². The number of hydrogen-bond acceptors (Lipinski definition) is 6.